The van der Waals surface area contributed by atoms with Crippen LogP contribution in [0.2, 0.25) is 0 Å². The molecule has 0 saturated carbocycles. The van der Waals surface area contributed by atoms with Gasteiger partial charge in [0.05, 0.1) is 5.56 Å². The number of cyclic esters (lactones) is 1. The van der Waals surface area contributed by atoms with Crippen molar-refractivity contribution in [1.29, 1.82) is 0 Å². The van der Waals surface area contributed by atoms with Crippen LogP contribution in [0, 0.1) is 34.6 Å². The normalized spacial score (nSPS) is 15.6. The number of fused-ring (bicyclic) bond motifs is 1. The molecule has 1 heterocycles. The third-order valence-corrected chi connectivity index (χ3v) is 7.16. The van der Waals surface area contributed by atoms with E-state index in [4.69, 9.17) is 4.74 Å². The van der Waals surface area contributed by atoms with Crippen LogP contribution in [0.25, 0.3) is 0 Å². The molecule has 0 bridgehead atoms. The smallest absolute Gasteiger partial charge is 0.426 e. The molecule has 0 saturated heterocycles. The van der Waals surface area contributed by atoms with Crippen LogP contribution in [-0.2, 0) is 21.6 Å². The molecular weight excluding hydrogens is 447 g/mol. The highest BCUT2D eigenvalue weighted by atomic mass is 19.4. The first-order valence-corrected chi connectivity index (χ1v) is 11.0. The topological polar surface area (TPSA) is 75.6 Å². The third kappa shape index (κ3) is 4.19. The van der Waals surface area contributed by atoms with Crippen LogP contribution in [0.3, 0.4) is 0 Å². The summed E-state index contributed by atoms with van der Waals surface area (Å²) in [5.74, 6) is -2.11. The van der Waals surface area contributed by atoms with Crippen molar-refractivity contribution in [3.63, 3.8) is 0 Å². The quantitative estimate of drug-likeness (QED) is 0.558. The van der Waals surface area contributed by atoms with Crippen LogP contribution in [-0.4, -0.2) is 28.8 Å². The fourth-order valence-corrected chi connectivity index (χ4v) is 5.00. The predicted octanol–water partition coefficient (Wildman–Crippen LogP) is 5.50. The first-order valence-electron chi connectivity index (χ1n) is 11.0. The monoisotopic (exact) mass is 477 g/mol. The van der Waals surface area contributed by atoms with Gasteiger partial charge in [0.15, 0.2) is 0 Å². The molecule has 8 heteroatoms. The second kappa shape index (κ2) is 8.41. The number of ether oxygens (including phenoxy) is 1. The zero-order valence-corrected chi connectivity index (χ0v) is 20.5. The van der Waals surface area contributed by atoms with Gasteiger partial charge in [-0.05, 0) is 91.6 Å². The average molecular weight is 478 g/mol. The Balaban J connectivity index is 2.00. The van der Waals surface area contributed by atoms with Crippen LogP contribution in [0.5, 0.6) is 0 Å². The molecule has 0 aromatic heterocycles. The largest absolute Gasteiger partial charge is 0.457 e. The first kappa shape index (κ1) is 25.7. The molecule has 184 valence electrons. The lowest BCUT2D eigenvalue weighted by Gasteiger charge is -2.39. The van der Waals surface area contributed by atoms with Gasteiger partial charge in [-0.25, -0.2) is 4.79 Å². The maximum Gasteiger partial charge on any atom is 0.426 e. The van der Waals surface area contributed by atoms with E-state index in [9.17, 15) is 27.9 Å². The molecule has 0 spiro atoms. The van der Waals surface area contributed by atoms with Gasteiger partial charge in [-0.3, -0.25) is 4.79 Å². The number of halogens is 3. The molecule has 1 aliphatic heterocycles. The number of hydrogen-bond donors (Lipinski definition) is 2. The molecule has 1 unspecified atom stereocenters. The number of amides is 1. The number of carbonyl (C=O) groups is 2. The maximum absolute atomic E-state index is 14.2. The zero-order valence-electron chi connectivity index (χ0n) is 20.5. The molecule has 2 aromatic carbocycles. The summed E-state index contributed by atoms with van der Waals surface area (Å²) >= 11 is 0. The van der Waals surface area contributed by atoms with Crippen molar-refractivity contribution in [2.45, 2.75) is 78.7 Å². The van der Waals surface area contributed by atoms with E-state index in [2.05, 4.69) is 5.32 Å². The van der Waals surface area contributed by atoms with E-state index < -0.39 is 35.5 Å². The Morgan fingerprint density at radius 1 is 1.00 bits per heavy atom. The lowest BCUT2D eigenvalue weighted by atomic mass is 9.69. The fourth-order valence-electron chi connectivity index (χ4n) is 5.00. The van der Waals surface area contributed by atoms with E-state index in [0.717, 1.165) is 27.8 Å². The van der Waals surface area contributed by atoms with Crippen molar-refractivity contribution in [2.24, 2.45) is 0 Å². The molecule has 1 amide bonds. The first-order chi connectivity index (χ1) is 15.5. The van der Waals surface area contributed by atoms with E-state index in [-0.39, 0.29) is 12.3 Å². The summed E-state index contributed by atoms with van der Waals surface area (Å²) in [6.45, 7) is 12.7. The number of alkyl halides is 3. The van der Waals surface area contributed by atoms with Gasteiger partial charge in [0, 0.05) is 17.7 Å². The molecule has 34 heavy (non-hydrogen) atoms. The fraction of sp³-hybridized carbons (Fsp3) is 0.462. The molecule has 3 rings (SSSR count). The summed E-state index contributed by atoms with van der Waals surface area (Å²) < 4.78 is 47.6. The van der Waals surface area contributed by atoms with E-state index in [1.165, 1.54) is 18.2 Å². The minimum Gasteiger partial charge on any atom is -0.457 e. The SMILES string of the molecule is Cc1c(C)c(C)c(C(C)(C)CC(O)(C(=O)Nc2ccc3c(c2)COC3=O)C(F)(F)F)c(C)c1C. The van der Waals surface area contributed by atoms with Crippen LogP contribution < -0.4 is 5.32 Å². The van der Waals surface area contributed by atoms with Gasteiger partial charge in [0.1, 0.15) is 6.61 Å². The van der Waals surface area contributed by atoms with Crippen molar-refractivity contribution < 1.29 is 32.6 Å². The highest BCUT2D eigenvalue weighted by Crippen LogP contribution is 2.45. The Kier molecular flexibility index (Phi) is 6.37. The molecular formula is C26H30F3NO4. The van der Waals surface area contributed by atoms with E-state index in [1.807, 2.05) is 34.6 Å². The summed E-state index contributed by atoms with van der Waals surface area (Å²) in [6.07, 6.45) is -6.09. The Hall–Kier alpha value is -2.87. The molecule has 0 fully saturated rings. The standard InChI is InChI=1S/C26H30F3NO4/c1-13-14(2)16(4)21(17(5)15(13)3)24(6,7)12-25(33,26(27,28)29)23(32)30-19-8-9-20-18(10-19)11-34-22(20)31/h8-10,33H,11-12H2,1-7H3,(H,30,32). The van der Waals surface area contributed by atoms with Crippen molar-refractivity contribution in [2.75, 3.05) is 5.32 Å². The number of rotatable bonds is 5. The zero-order chi connectivity index (χ0) is 25.8. The number of aliphatic hydroxyl groups is 1. The Morgan fingerprint density at radius 3 is 2.06 bits per heavy atom. The van der Waals surface area contributed by atoms with E-state index >= 15 is 0 Å². The number of nitrogens with one attached hydrogen (secondary N) is 1. The summed E-state index contributed by atoms with van der Waals surface area (Å²) in [7, 11) is 0. The summed E-state index contributed by atoms with van der Waals surface area (Å²) in [5.41, 5.74) is 1.35. The second-order valence-corrected chi connectivity index (χ2v) is 9.82. The molecule has 1 atom stereocenters. The van der Waals surface area contributed by atoms with Gasteiger partial charge in [0.25, 0.3) is 5.91 Å². The van der Waals surface area contributed by atoms with E-state index in [0.29, 0.717) is 16.7 Å². The van der Waals surface area contributed by atoms with Gasteiger partial charge in [-0.15, -0.1) is 0 Å². The second-order valence-electron chi connectivity index (χ2n) is 9.82. The molecule has 0 radical (unpaired) electrons. The molecule has 1 aliphatic rings. The Bertz CT molecular complexity index is 1150. The summed E-state index contributed by atoms with van der Waals surface area (Å²) in [6, 6.07) is 4.06. The van der Waals surface area contributed by atoms with Crippen LogP contribution in [0.15, 0.2) is 18.2 Å². The van der Waals surface area contributed by atoms with Gasteiger partial charge in [-0.1, -0.05) is 13.8 Å². The number of hydrogen-bond acceptors (Lipinski definition) is 4. The van der Waals surface area contributed by atoms with Crippen molar-refractivity contribution in [1.82, 2.24) is 0 Å². The lowest BCUT2D eigenvalue weighted by molar-refractivity contribution is -0.254. The van der Waals surface area contributed by atoms with Crippen LogP contribution >= 0.6 is 0 Å². The number of benzene rings is 2. The maximum atomic E-state index is 14.2. The van der Waals surface area contributed by atoms with Gasteiger partial charge < -0.3 is 15.2 Å². The van der Waals surface area contributed by atoms with Crippen molar-refractivity contribution >= 4 is 17.6 Å². The summed E-state index contributed by atoms with van der Waals surface area (Å²) in [5, 5.41) is 13.1. The van der Waals surface area contributed by atoms with Crippen molar-refractivity contribution in [3.05, 3.63) is 62.7 Å². The van der Waals surface area contributed by atoms with Gasteiger partial charge in [0.2, 0.25) is 5.60 Å². The van der Waals surface area contributed by atoms with Gasteiger partial charge in [-0.2, -0.15) is 13.2 Å². The van der Waals surface area contributed by atoms with Crippen LogP contribution in [0.4, 0.5) is 18.9 Å². The number of esters is 1. The van der Waals surface area contributed by atoms with Crippen molar-refractivity contribution in [3.8, 4) is 0 Å². The minimum atomic E-state index is -5.22. The molecule has 2 aromatic rings. The third-order valence-electron chi connectivity index (χ3n) is 7.16. The average Bonchev–Trinajstić information content (AvgIpc) is 3.09. The summed E-state index contributed by atoms with van der Waals surface area (Å²) in [4.78, 5) is 24.5. The molecule has 0 aliphatic carbocycles. The number of anilines is 1. The lowest BCUT2D eigenvalue weighted by Crippen LogP contribution is -2.57. The Labute approximate surface area is 197 Å². The van der Waals surface area contributed by atoms with Gasteiger partial charge >= 0.3 is 12.1 Å². The molecule has 5 nitrogen and oxygen atoms in total. The number of carbonyl (C=O) groups excluding carboxylic acids is 2. The van der Waals surface area contributed by atoms with Crippen LogP contribution in [0.1, 0.15) is 69.6 Å². The highest BCUT2D eigenvalue weighted by Gasteiger charge is 2.61. The molecule has 2 N–H and O–H groups in total. The highest BCUT2D eigenvalue weighted by molar-refractivity contribution is 5.99. The van der Waals surface area contributed by atoms with E-state index in [1.54, 1.807) is 13.8 Å². The Morgan fingerprint density at radius 2 is 1.53 bits per heavy atom. The minimum absolute atomic E-state index is 0.0286. The predicted molar refractivity (Wildman–Crippen MR) is 123 cm³/mol.